The zero-order valence-corrected chi connectivity index (χ0v) is 17.1. The number of aromatic nitrogens is 2. The van der Waals surface area contributed by atoms with Gasteiger partial charge in [0.15, 0.2) is 0 Å². The second kappa shape index (κ2) is 7.21. The van der Waals surface area contributed by atoms with Gasteiger partial charge < -0.3 is 0 Å². The number of pyridine rings is 1. The number of fused-ring (bicyclic) bond motifs is 1. The molecule has 0 aliphatic carbocycles. The van der Waals surface area contributed by atoms with Crippen molar-refractivity contribution in [2.45, 2.75) is 4.90 Å². The predicted molar refractivity (Wildman–Crippen MR) is 112 cm³/mol. The predicted octanol–water partition coefficient (Wildman–Crippen LogP) is 4.55. The fourth-order valence-corrected chi connectivity index (χ4v) is 5.23. The van der Waals surface area contributed by atoms with Crippen molar-refractivity contribution in [3.8, 4) is 5.69 Å². The molecule has 0 fully saturated rings. The number of nitrogens with zero attached hydrogens (tertiary/aromatic N) is 2. The minimum atomic E-state index is -3.98. The molecule has 0 saturated carbocycles. The number of hydrogen-bond acceptors (Lipinski definition) is 5. The molecule has 4 rings (SSSR count). The van der Waals surface area contributed by atoms with E-state index in [1.165, 1.54) is 16.1 Å². The Morgan fingerprint density at radius 2 is 1.79 bits per heavy atom. The second-order valence-electron chi connectivity index (χ2n) is 5.77. The average molecular weight is 452 g/mol. The SMILES string of the molecule is O=c1c2cccnc2sn1-c1ccc(Cl)c(S(=O)(=O)Nc2ccc(Cl)cc2)c1. The summed E-state index contributed by atoms with van der Waals surface area (Å²) in [6.45, 7) is 0. The highest BCUT2D eigenvalue weighted by atomic mass is 35.5. The van der Waals surface area contributed by atoms with Gasteiger partial charge in [0, 0.05) is 16.9 Å². The smallest absolute Gasteiger partial charge is 0.274 e. The second-order valence-corrected chi connectivity index (χ2v) is 9.20. The standard InChI is InChI=1S/C18H11Cl2N3O3S2/c19-11-3-5-12(6-4-11)22-28(25,26)16-10-13(7-8-15(16)20)23-18(24)14-2-1-9-21-17(14)27-23/h1-10,22H. The molecule has 0 aliphatic rings. The van der Waals surface area contributed by atoms with Gasteiger partial charge in [-0.2, -0.15) is 0 Å². The summed E-state index contributed by atoms with van der Waals surface area (Å²) >= 11 is 13.1. The van der Waals surface area contributed by atoms with Gasteiger partial charge >= 0.3 is 0 Å². The Bertz CT molecular complexity index is 1350. The number of benzene rings is 2. The van der Waals surface area contributed by atoms with Crippen molar-refractivity contribution < 1.29 is 8.42 Å². The van der Waals surface area contributed by atoms with E-state index in [1.54, 1.807) is 48.7 Å². The molecule has 142 valence electrons. The summed E-state index contributed by atoms with van der Waals surface area (Å²) < 4.78 is 29.5. The van der Waals surface area contributed by atoms with E-state index in [1.807, 2.05) is 0 Å². The lowest BCUT2D eigenvalue weighted by Gasteiger charge is -2.11. The summed E-state index contributed by atoms with van der Waals surface area (Å²) in [5.74, 6) is 0. The molecule has 28 heavy (non-hydrogen) atoms. The first-order valence-corrected chi connectivity index (χ1v) is 10.9. The van der Waals surface area contributed by atoms with Gasteiger partial charge in [-0.25, -0.2) is 17.4 Å². The van der Waals surface area contributed by atoms with Crippen LogP contribution in [0.5, 0.6) is 0 Å². The first-order chi connectivity index (χ1) is 13.3. The van der Waals surface area contributed by atoms with Crippen molar-refractivity contribution >= 4 is 60.7 Å². The van der Waals surface area contributed by atoms with Gasteiger partial charge in [-0.15, -0.1) is 0 Å². The van der Waals surface area contributed by atoms with Crippen LogP contribution in [0, 0.1) is 0 Å². The van der Waals surface area contributed by atoms with Crippen molar-refractivity contribution in [3.63, 3.8) is 0 Å². The fraction of sp³-hybridized carbons (Fsp3) is 0. The number of sulfonamides is 1. The molecule has 2 heterocycles. The van der Waals surface area contributed by atoms with Crippen LogP contribution in [0.1, 0.15) is 0 Å². The van der Waals surface area contributed by atoms with Gasteiger partial charge in [0.2, 0.25) is 0 Å². The zero-order chi connectivity index (χ0) is 19.9. The Hall–Kier alpha value is -2.39. The van der Waals surface area contributed by atoms with E-state index in [9.17, 15) is 13.2 Å². The largest absolute Gasteiger partial charge is 0.280 e. The molecule has 0 amide bonds. The number of hydrogen-bond donors (Lipinski definition) is 1. The van der Waals surface area contributed by atoms with Crippen LogP contribution in [0.25, 0.3) is 15.9 Å². The normalized spacial score (nSPS) is 11.6. The summed E-state index contributed by atoms with van der Waals surface area (Å²) in [4.78, 5) is 17.2. The maximum absolute atomic E-state index is 12.8. The number of halogens is 2. The third kappa shape index (κ3) is 3.51. The van der Waals surface area contributed by atoms with Crippen LogP contribution in [-0.4, -0.2) is 17.4 Å². The molecule has 0 aliphatic heterocycles. The zero-order valence-electron chi connectivity index (χ0n) is 14.0. The highest BCUT2D eigenvalue weighted by molar-refractivity contribution is 7.92. The van der Waals surface area contributed by atoms with Gasteiger partial charge in [-0.3, -0.25) is 9.52 Å². The molecule has 2 aromatic carbocycles. The third-order valence-electron chi connectivity index (χ3n) is 3.90. The van der Waals surface area contributed by atoms with E-state index >= 15 is 0 Å². The Labute approximate surface area is 174 Å². The molecule has 0 bridgehead atoms. The van der Waals surface area contributed by atoms with Crippen LogP contribution in [0.3, 0.4) is 0 Å². The molecule has 0 saturated heterocycles. The van der Waals surface area contributed by atoms with E-state index < -0.39 is 10.0 Å². The first kappa shape index (κ1) is 18.9. The van der Waals surface area contributed by atoms with E-state index in [0.29, 0.717) is 26.6 Å². The minimum absolute atomic E-state index is 0.0394. The monoisotopic (exact) mass is 451 g/mol. The van der Waals surface area contributed by atoms with Crippen molar-refractivity contribution in [3.05, 3.63) is 81.2 Å². The van der Waals surface area contributed by atoms with Crippen LogP contribution in [0.15, 0.2) is 70.5 Å². The topological polar surface area (TPSA) is 81.1 Å². The summed E-state index contributed by atoms with van der Waals surface area (Å²) in [5.41, 5.74) is 0.451. The lowest BCUT2D eigenvalue weighted by Crippen LogP contribution is -2.15. The molecule has 0 spiro atoms. The molecule has 0 atom stereocenters. The highest BCUT2D eigenvalue weighted by Gasteiger charge is 2.20. The number of rotatable bonds is 4. The third-order valence-corrected chi connectivity index (χ3v) is 7.07. The molecular weight excluding hydrogens is 441 g/mol. The van der Waals surface area contributed by atoms with Crippen molar-refractivity contribution in [2.75, 3.05) is 4.72 Å². The van der Waals surface area contributed by atoms with Crippen LogP contribution < -0.4 is 10.3 Å². The quantitative estimate of drug-likeness (QED) is 0.493. The van der Waals surface area contributed by atoms with Gasteiger partial charge in [-0.1, -0.05) is 23.2 Å². The molecule has 0 unspecified atom stereocenters. The maximum atomic E-state index is 12.8. The van der Waals surface area contributed by atoms with Crippen LogP contribution in [0.2, 0.25) is 10.0 Å². The summed E-state index contributed by atoms with van der Waals surface area (Å²) in [7, 11) is -3.98. The Kier molecular flexibility index (Phi) is 4.88. The summed E-state index contributed by atoms with van der Waals surface area (Å²) in [5, 5.41) is 0.990. The lowest BCUT2D eigenvalue weighted by atomic mass is 10.3. The van der Waals surface area contributed by atoms with E-state index in [4.69, 9.17) is 23.2 Å². The van der Waals surface area contributed by atoms with Gasteiger partial charge in [0.1, 0.15) is 9.73 Å². The van der Waals surface area contributed by atoms with Gasteiger partial charge in [0.25, 0.3) is 15.6 Å². The van der Waals surface area contributed by atoms with Crippen molar-refractivity contribution in [1.82, 2.24) is 8.94 Å². The van der Waals surface area contributed by atoms with Crippen LogP contribution in [-0.2, 0) is 10.0 Å². The molecule has 1 N–H and O–H groups in total. The molecule has 2 aromatic heterocycles. The lowest BCUT2D eigenvalue weighted by molar-refractivity contribution is 0.601. The highest BCUT2D eigenvalue weighted by Crippen LogP contribution is 2.28. The molecular formula is C18H11Cl2N3O3S2. The van der Waals surface area contributed by atoms with Crippen molar-refractivity contribution in [2.24, 2.45) is 0 Å². The Morgan fingerprint density at radius 1 is 1.04 bits per heavy atom. The van der Waals surface area contributed by atoms with Crippen LogP contribution >= 0.6 is 34.7 Å². The summed E-state index contributed by atoms with van der Waals surface area (Å²) in [6, 6.07) is 14.0. The fourth-order valence-electron chi connectivity index (χ4n) is 2.59. The van der Waals surface area contributed by atoms with Crippen LogP contribution in [0.4, 0.5) is 5.69 Å². The maximum Gasteiger partial charge on any atom is 0.274 e. The summed E-state index contributed by atoms with van der Waals surface area (Å²) in [6.07, 6.45) is 1.59. The molecule has 0 radical (unpaired) electrons. The first-order valence-electron chi connectivity index (χ1n) is 7.90. The number of nitrogens with one attached hydrogen (secondary N) is 1. The van der Waals surface area contributed by atoms with E-state index in [0.717, 1.165) is 11.5 Å². The van der Waals surface area contributed by atoms with Gasteiger partial charge in [-0.05, 0) is 66.1 Å². The van der Waals surface area contributed by atoms with Gasteiger partial charge in [0.05, 0.1) is 16.1 Å². The Balaban J connectivity index is 1.79. The number of anilines is 1. The Morgan fingerprint density at radius 3 is 2.50 bits per heavy atom. The van der Waals surface area contributed by atoms with E-state index in [2.05, 4.69) is 9.71 Å². The average Bonchev–Trinajstić information content (AvgIpc) is 3.01. The van der Waals surface area contributed by atoms with E-state index in [-0.39, 0.29) is 15.5 Å². The molecule has 6 nitrogen and oxygen atoms in total. The molecule has 4 aromatic rings. The molecule has 10 heteroatoms. The van der Waals surface area contributed by atoms with Crippen molar-refractivity contribution in [1.29, 1.82) is 0 Å². The minimum Gasteiger partial charge on any atom is -0.280 e.